The predicted molar refractivity (Wildman–Crippen MR) is 152 cm³/mol. The molecule has 0 unspecified atom stereocenters. The van der Waals surface area contributed by atoms with Gasteiger partial charge in [-0.1, -0.05) is 93.3 Å². The molecule has 3 aromatic rings. The molecule has 0 radical (unpaired) electrons. The number of rotatable bonds is 12. The quantitative estimate of drug-likeness (QED) is 0.169. The summed E-state index contributed by atoms with van der Waals surface area (Å²) in [5.74, 6) is -1.65. The van der Waals surface area contributed by atoms with E-state index in [9.17, 15) is 8.78 Å². The fourth-order valence-corrected chi connectivity index (χ4v) is 5.07. The van der Waals surface area contributed by atoms with Crippen molar-refractivity contribution in [2.24, 2.45) is 5.92 Å². The molecule has 4 rings (SSSR count). The number of benzene rings is 3. The fourth-order valence-electron chi connectivity index (χ4n) is 5.07. The SMILES string of the molecule is CC=CCCC1COC(c2ccc(-c3ccc(-c4ccc(CCCCCCC)c(F)c4F)cc3)c(F)c2)OC1. The zero-order valence-electron chi connectivity index (χ0n) is 23.0. The molecule has 0 N–H and O–H groups in total. The van der Waals surface area contributed by atoms with Crippen LogP contribution in [0.5, 0.6) is 0 Å². The second-order valence-corrected chi connectivity index (χ2v) is 10.4. The molecular formula is C34H39F3O2. The third-order valence-corrected chi connectivity index (χ3v) is 7.43. The Hall–Kier alpha value is -2.89. The summed E-state index contributed by atoms with van der Waals surface area (Å²) in [6.07, 6.45) is 11.4. The number of allylic oxidation sites excluding steroid dienone is 2. The highest BCUT2D eigenvalue weighted by atomic mass is 19.2. The van der Waals surface area contributed by atoms with E-state index in [4.69, 9.17) is 9.47 Å². The molecule has 208 valence electrons. The van der Waals surface area contributed by atoms with Crippen LogP contribution in [0.2, 0.25) is 0 Å². The average molecular weight is 537 g/mol. The second kappa shape index (κ2) is 14.5. The minimum absolute atomic E-state index is 0.209. The summed E-state index contributed by atoms with van der Waals surface area (Å²) in [5.41, 5.74) is 2.90. The van der Waals surface area contributed by atoms with E-state index < -0.39 is 17.9 Å². The van der Waals surface area contributed by atoms with Crippen molar-refractivity contribution in [1.29, 1.82) is 0 Å². The Balaban J connectivity index is 1.40. The standard InChI is InChI=1S/C34H39F3O2/c1-3-5-7-8-10-12-27-17-20-30(33(37)32(27)36)26-15-13-25(14-16-26)29-19-18-28(21-31(29)35)34-38-22-24(23-39-34)11-9-6-4-2/h4,6,13-21,24,34H,3,5,7-12,22-23H2,1-2H3. The summed E-state index contributed by atoms with van der Waals surface area (Å²) in [7, 11) is 0. The highest BCUT2D eigenvalue weighted by Crippen LogP contribution is 2.33. The first-order valence-electron chi connectivity index (χ1n) is 14.2. The van der Waals surface area contributed by atoms with Gasteiger partial charge < -0.3 is 9.47 Å². The maximum absolute atomic E-state index is 15.1. The summed E-state index contributed by atoms with van der Waals surface area (Å²) in [5, 5.41) is 0. The molecular weight excluding hydrogens is 497 g/mol. The Kier molecular flexibility index (Phi) is 10.8. The van der Waals surface area contributed by atoms with Gasteiger partial charge in [-0.2, -0.15) is 0 Å². The van der Waals surface area contributed by atoms with Crippen molar-refractivity contribution >= 4 is 0 Å². The van der Waals surface area contributed by atoms with Crippen molar-refractivity contribution < 1.29 is 22.6 Å². The first-order chi connectivity index (χ1) is 19.0. The lowest BCUT2D eigenvalue weighted by Gasteiger charge is -2.29. The number of unbranched alkanes of at least 4 members (excludes halogenated alkanes) is 4. The van der Waals surface area contributed by atoms with Gasteiger partial charge in [-0.05, 0) is 55.4 Å². The van der Waals surface area contributed by atoms with Crippen LogP contribution in [0.4, 0.5) is 13.2 Å². The van der Waals surface area contributed by atoms with E-state index in [1.54, 1.807) is 42.5 Å². The zero-order chi connectivity index (χ0) is 27.6. The summed E-state index contributed by atoms with van der Waals surface area (Å²) in [6, 6.07) is 15.2. The third-order valence-electron chi connectivity index (χ3n) is 7.43. The fraction of sp³-hybridized carbons (Fsp3) is 0.412. The van der Waals surface area contributed by atoms with Crippen LogP contribution in [-0.4, -0.2) is 13.2 Å². The molecule has 0 aromatic heterocycles. The number of ether oxygens (including phenoxy) is 2. The van der Waals surface area contributed by atoms with Gasteiger partial charge in [0, 0.05) is 22.6 Å². The van der Waals surface area contributed by atoms with Crippen LogP contribution in [0.1, 0.15) is 76.2 Å². The monoisotopic (exact) mass is 536 g/mol. The van der Waals surface area contributed by atoms with Crippen molar-refractivity contribution in [2.75, 3.05) is 13.2 Å². The third kappa shape index (κ3) is 7.61. The summed E-state index contributed by atoms with van der Waals surface area (Å²) in [4.78, 5) is 0. The Morgan fingerprint density at radius 3 is 2.13 bits per heavy atom. The Morgan fingerprint density at radius 1 is 0.795 bits per heavy atom. The van der Waals surface area contributed by atoms with E-state index in [0.717, 1.165) is 38.5 Å². The maximum Gasteiger partial charge on any atom is 0.183 e. The van der Waals surface area contributed by atoms with Crippen LogP contribution in [-0.2, 0) is 15.9 Å². The molecule has 0 bridgehead atoms. The largest absolute Gasteiger partial charge is 0.348 e. The summed E-state index contributed by atoms with van der Waals surface area (Å²) in [6.45, 7) is 5.33. The molecule has 0 spiro atoms. The van der Waals surface area contributed by atoms with Crippen molar-refractivity contribution in [3.63, 3.8) is 0 Å². The molecule has 2 nitrogen and oxygen atoms in total. The minimum Gasteiger partial charge on any atom is -0.348 e. The van der Waals surface area contributed by atoms with Gasteiger partial charge in [0.15, 0.2) is 17.9 Å². The van der Waals surface area contributed by atoms with E-state index >= 15 is 4.39 Å². The average Bonchev–Trinajstić information content (AvgIpc) is 2.96. The molecule has 5 heteroatoms. The van der Waals surface area contributed by atoms with Gasteiger partial charge in [0.05, 0.1) is 13.2 Å². The number of hydrogen-bond donors (Lipinski definition) is 0. The highest BCUT2D eigenvalue weighted by Gasteiger charge is 2.24. The molecule has 0 amide bonds. The van der Waals surface area contributed by atoms with Crippen LogP contribution >= 0.6 is 0 Å². The molecule has 0 saturated carbocycles. The first-order valence-corrected chi connectivity index (χ1v) is 14.2. The number of aryl methyl sites for hydroxylation is 1. The first kappa shape index (κ1) is 29.1. The minimum atomic E-state index is -0.833. The van der Waals surface area contributed by atoms with Crippen LogP contribution in [0, 0.1) is 23.4 Å². The normalized spacial score (nSPS) is 17.7. The molecule has 39 heavy (non-hydrogen) atoms. The van der Waals surface area contributed by atoms with Gasteiger partial charge in [-0.15, -0.1) is 0 Å². The van der Waals surface area contributed by atoms with Crippen LogP contribution in [0.3, 0.4) is 0 Å². The summed E-state index contributed by atoms with van der Waals surface area (Å²) < 4.78 is 56.5. The topological polar surface area (TPSA) is 18.5 Å². The van der Waals surface area contributed by atoms with Crippen LogP contribution < -0.4 is 0 Å². The molecule has 1 fully saturated rings. The summed E-state index contributed by atoms with van der Waals surface area (Å²) >= 11 is 0. The van der Waals surface area contributed by atoms with Crippen molar-refractivity contribution in [2.45, 2.75) is 71.5 Å². The molecule has 0 aliphatic carbocycles. The van der Waals surface area contributed by atoms with Crippen molar-refractivity contribution in [3.8, 4) is 22.3 Å². The lowest BCUT2D eigenvalue weighted by atomic mass is 9.96. The van der Waals surface area contributed by atoms with Gasteiger partial charge in [-0.25, -0.2) is 13.2 Å². The molecule has 1 saturated heterocycles. The van der Waals surface area contributed by atoms with E-state index in [0.29, 0.717) is 53.4 Å². The predicted octanol–water partition coefficient (Wildman–Crippen LogP) is 9.97. The maximum atomic E-state index is 15.1. The highest BCUT2D eigenvalue weighted by molar-refractivity contribution is 5.71. The van der Waals surface area contributed by atoms with Crippen LogP contribution in [0.15, 0.2) is 66.7 Å². The van der Waals surface area contributed by atoms with Crippen molar-refractivity contribution in [3.05, 3.63) is 95.3 Å². The number of halogens is 3. The van der Waals surface area contributed by atoms with E-state index in [-0.39, 0.29) is 11.4 Å². The van der Waals surface area contributed by atoms with E-state index in [2.05, 4.69) is 13.0 Å². The number of hydrogen-bond acceptors (Lipinski definition) is 2. The zero-order valence-corrected chi connectivity index (χ0v) is 23.0. The van der Waals surface area contributed by atoms with Crippen molar-refractivity contribution in [1.82, 2.24) is 0 Å². The van der Waals surface area contributed by atoms with Gasteiger partial charge in [0.25, 0.3) is 0 Å². The van der Waals surface area contributed by atoms with Gasteiger partial charge in [0.2, 0.25) is 0 Å². The van der Waals surface area contributed by atoms with Gasteiger partial charge in [0.1, 0.15) is 5.82 Å². The lowest BCUT2D eigenvalue weighted by molar-refractivity contribution is -0.205. The lowest BCUT2D eigenvalue weighted by Crippen LogP contribution is -2.27. The molecule has 0 atom stereocenters. The van der Waals surface area contributed by atoms with Gasteiger partial charge >= 0.3 is 0 Å². The molecule has 1 aliphatic heterocycles. The molecule has 3 aromatic carbocycles. The van der Waals surface area contributed by atoms with E-state index in [1.165, 1.54) is 12.5 Å². The van der Waals surface area contributed by atoms with Crippen LogP contribution in [0.25, 0.3) is 22.3 Å². The molecule has 1 heterocycles. The molecule has 1 aliphatic rings. The Labute approximate surface area is 230 Å². The Bertz CT molecular complexity index is 1230. The van der Waals surface area contributed by atoms with Gasteiger partial charge in [-0.3, -0.25) is 0 Å². The second-order valence-electron chi connectivity index (χ2n) is 10.4. The Morgan fingerprint density at radius 2 is 1.46 bits per heavy atom. The smallest absolute Gasteiger partial charge is 0.183 e. The van der Waals surface area contributed by atoms with E-state index in [1.807, 2.05) is 19.1 Å².